The first-order valence-electron chi connectivity index (χ1n) is 7.25. The summed E-state index contributed by atoms with van der Waals surface area (Å²) in [5.74, 6) is -0.343. The predicted octanol–water partition coefficient (Wildman–Crippen LogP) is 4.66. The first-order valence-corrected chi connectivity index (χ1v) is 8.42. The van der Waals surface area contributed by atoms with Crippen LogP contribution in [0.25, 0.3) is 0 Å². The summed E-state index contributed by atoms with van der Waals surface area (Å²) in [5.41, 5.74) is 2.23. The molecule has 0 amide bonds. The second kappa shape index (κ2) is 8.87. The number of carbonyl (C=O) groups is 1. The van der Waals surface area contributed by atoms with Crippen LogP contribution in [0.1, 0.15) is 22.8 Å². The molecule has 0 saturated carbocycles. The highest BCUT2D eigenvalue weighted by molar-refractivity contribution is 7.80. The van der Waals surface area contributed by atoms with Crippen molar-refractivity contribution in [3.63, 3.8) is 0 Å². The summed E-state index contributed by atoms with van der Waals surface area (Å²) in [5, 5.41) is 7.61. The molecule has 2 aromatic rings. The highest BCUT2D eigenvalue weighted by atomic mass is 35.5. The van der Waals surface area contributed by atoms with Crippen molar-refractivity contribution in [1.82, 2.24) is 5.32 Å². The third-order valence-corrected chi connectivity index (χ3v) is 4.08. The van der Waals surface area contributed by atoms with Crippen LogP contribution in [-0.2, 0) is 11.3 Å². The quantitative estimate of drug-likeness (QED) is 0.581. The molecule has 0 aliphatic carbocycles. The van der Waals surface area contributed by atoms with Gasteiger partial charge in [0.25, 0.3) is 0 Å². The van der Waals surface area contributed by atoms with E-state index in [0.717, 1.165) is 11.3 Å². The van der Waals surface area contributed by atoms with Crippen molar-refractivity contribution in [3.8, 4) is 0 Å². The summed E-state index contributed by atoms with van der Waals surface area (Å²) < 4.78 is 4.94. The van der Waals surface area contributed by atoms with Crippen LogP contribution in [0.15, 0.2) is 42.5 Å². The maximum Gasteiger partial charge on any atom is 0.338 e. The summed E-state index contributed by atoms with van der Waals surface area (Å²) in [6.07, 6.45) is 0. The van der Waals surface area contributed by atoms with Gasteiger partial charge in [0, 0.05) is 12.2 Å². The van der Waals surface area contributed by atoms with Gasteiger partial charge in [0.05, 0.1) is 22.2 Å². The summed E-state index contributed by atoms with van der Waals surface area (Å²) in [4.78, 5) is 11.6. The lowest BCUT2D eigenvalue weighted by atomic mass is 10.2. The van der Waals surface area contributed by atoms with E-state index in [1.807, 2.05) is 6.07 Å². The Balaban J connectivity index is 1.87. The van der Waals surface area contributed by atoms with Gasteiger partial charge in [-0.2, -0.15) is 0 Å². The molecule has 0 atom stereocenters. The number of esters is 1. The van der Waals surface area contributed by atoms with Crippen LogP contribution in [0.2, 0.25) is 10.0 Å². The van der Waals surface area contributed by atoms with Gasteiger partial charge in [0.2, 0.25) is 0 Å². The number of ether oxygens (including phenoxy) is 1. The molecular formula is C17H16Cl2N2O2S. The highest BCUT2D eigenvalue weighted by Crippen LogP contribution is 2.22. The van der Waals surface area contributed by atoms with Crippen LogP contribution in [0.3, 0.4) is 0 Å². The molecule has 0 heterocycles. The van der Waals surface area contributed by atoms with E-state index in [0.29, 0.717) is 33.9 Å². The van der Waals surface area contributed by atoms with Crippen molar-refractivity contribution in [2.24, 2.45) is 0 Å². The Morgan fingerprint density at radius 1 is 1.12 bits per heavy atom. The Hall–Kier alpha value is -1.82. The van der Waals surface area contributed by atoms with E-state index >= 15 is 0 Å². The van der Waals surface area contributed by atoms with Crippen molar-refractivity contribution in [1.29, 1.82) is 0 Å². The second-order valence-corrected chi connectivity index (χ2v) is 6.08. The molecule has 0 fully saturated rings. The SMILES string of the molecule is CCOC(=O)c1ccc(NC(=S)NCc2ccc(Cl)c(Cl)c2)cc1. The molecule has 0 aliphatic heterocycles. The molecule has 0 aromatic heterocycles. The van der Waals surface area contributed by atoms with E-state index in [1.54, 1.807) is 43.3 Å². The average molecular weight is 383 g/mol. The van der Waals surface area contributed by atoms with Crippen molar-refractivity contribution in [2.75, 3.05) is 11.9 Å². The molecule has 4 nitrogen and oxygen atoms in total. The Labute approximate surface area is 156 Å². The highest BCUT2D eigenvalue weighted by Gasteiger charge is 2.06. The smallest absolute Gasteiger partial charge is 0.338 e. The number of rotatable bonds is 5. The first-order chi connectivity index (χ1) is 11.5. The predicted molar refractivity (Wildman–Crippen MR) is 102 cm³/mol. The number of halogens is 2. The molecular weight excluding hydrogens is 367 g/mol. The molecule has 2 rings (SSSR count). The lowest BCUT2D eigenvalue weighted by molar-refractivity contribution is 0.0526. The van der Waals surface area contributed by atoms with Crippen molar-refractivity contribution in [3.05, 3.63) is 63.6 Å². The third kappa shape index (κ3) is 5.37. The van der Waals surface area contributed by atoms with Crippen molar-refractivity contribution >= 4 is 52.2 Å². The largest absolute Gasteiger partial charge is 0.462 e. The number of hydrogen-bond donors (Lipinski definition) is 2. The minimum absolute atomic E-state index is 0.343. The van der Waals surface area contributed by atoms with Gasteiger partial charge in [-0.25, -0.2) is 4.79 Å². The van der Waals surface area contributed by atoms with Crippen LogP contribution in [-0.4, -0.2) is 17.7 Å². The minimum Gasteiger partial charge on any atom is -0.462 e. The van der Waals surface area contributed by atoms with E-state index < -0.39 is 0 Å². The third-order valence-electron chi connectivity index (χ3n) is 3.09. The maximum atomic E-state index is 11.6. The van der Waals surface area contributed by atoms with E-state index in [9.17, 15) is 4.79 Å². The molecule has 7 heteroatoms. The summed E-state index contributed by atoms with van der Waals surface area (Å²) in [6.45, 7) is 2.64. The number of thiocarbonyl (C=S) groups is 1. The Bertz CT molecular complexity index is 736. The topological polar surface area (TPSA) is 50.4 Å². The van der Waals surface area contributed by atoms with E-state index in [1.165, 1.54) is 0 Å². The average Bonchev–Trinajstić information content (AvgIpc) is 2.57. The first kappa shape index (κ1) is 18.5. The zero-order valence-electron chi connectivity index (χ0n) is 12.9. The van der Waals surface area contributed by atoms with E-state index in [-0.39, 0.29) is 5.97 Å². The number of carbonyl (C=O) groups excluding carboxylic acids is 1. The zero-order valence-corrected chi connectivity index (χ0v) is 15.3. The maximum absolute atomic E-state index is 11.6. The second-order valence-electron chi connectivity index (χ2n) is 4.85. The molecule has 126 valence electrons. The lowest BCUT2D eigenvalue weighted by Gasteiger charge is -2.11. The monoisotopic (exact) mass is 382 g/mol. The molecule has 0 aliphatic rings. The van der Waals surface area contributed by atoms with Crippen LogP contribution < -0.4 is 10.6 Å². The fourth-order valence-electron chi connectivity index (χ4n) is 1.91. The van der Waals surface area contributed by atoms with Crippen LogP contribution in [0.4, 0.5) is 5.69 Å². The fourth-order valence-corrected chi connectivity index (χ4v) is 2.42. The van der Waals surface area contributed by atoms with E-state index in [2.05, 4.69) is 10.6 Å². The molecule has 0 radical (unpaired) electrons. The molecule has 0 unspecified atom stereocenters. The molecule has 0 bridgehead atoms. The zero-order chi connectivity index (χ0) is 17.5. The Morgan fingerprint density at radius 2 is 1.83 bits per heavy atom. The number of anilines is 1. The van der Waals surface area contributed by atoms with Crippen LogP contribution in [0, 0.1) is 0 Å². The lowest BCUT2D eigenvalue weighted by Crippen LogP contribution is -2.27. The van der Waals surface area contributed by atoms with Gasteiger partial charge >= 0.3 is 5.97 Å². The van der Waals surface area contributed by atoms with Gasteiger partial charge < -0.3 is 15.4 Å². The van der Waals surface area contributed by atoms with E-state index in [4.69, 9.17) is 40.2 Å². The molecule has 24 heavy (non-hydrogen) atoms. The molecule has 0 saturated heterocycles. The summed E-state index contributed by atoms with van der Waals surface area (Å²) in [6, 6.07) is 12.3. The Morgan fingerprint density at radius 3 is 2.46 bits per heavy atom. The molecule has 0 spiro atoms. The van der Waals surface area contributed by atoms with Crippen molar-refractivity contribution < 1.29 is 9.53 Å². The Kier molecular flexibility index (Phi) is 6.85. The van der Waals surface area contributed by atoms with Gasteiger partial charge in [-0.1, -0.05) is 29.3 Å². The van der Waals surface area contributed by atoms with Gasteiger partial charge in [0.1, 0.15) is 0 Å². The van der Waals surface area contributed by atoms with Crippen LogP contribution >= 0.6 is 35.4 Å². The van der Waals surface area contributed by atoms with Crippen LogP contribution in [0.5, 0.6) is 0 Å². The fraction of sp³-hybridized carbons (Fsp3) is 0.176. The standard InChI is InChI=1S/C17H16Cl2N2O2S/c1-2-23-16(22)12-4-6-13(7-5-12)21-17(24)20-10-11-3-8-14(18)15(19)9-11/h3-9H,2,10H2,1H3,(H2,20,21,24). The normalized spacial score (nSPS) is 10.1. The molecule has 2 aromatic carbocycles. The van der Waals surface area contributed by atoms with Gasteiger partial charge in [-0.15, -0.1) is 0 Å². The van der Waals surface area contributed by atoms with Gasteiger partial charge in [0.15, 0.2) is 5.11 Å². The van der Waals surface area contributed by atoms with Crippen molar-refractivity contribution in [2.45, 2.75) is 13.5 Å². The van der Waals surface area contributed by atoms with Gasteiger partial charge in [-0.3, -0.25) is 0 Å². The summed E-state index contributed by atoms with van der Waals surface area (Å²) in [7, 11) is 0. The molecule has 2 N–H and O–H groups in total. The minimum atomic E-state index is -0.343. The van der Waals surface area contributed by atoms with Gasteiger partial charge in [-0.05, 0) is 61.1 Å². The summed E-state index contributed by atoms with van der Waals surface area (Å²) >= 11 is 17.1. The number of nitrogens with one attached hydrogen (secondary N) is 2. The number of hydrogen-bond acceptors (Lipinski definition) is 3. The number of benzene rings is 2.